The van der Waals surface area contributed by atoms with Crippen molar-refractivity contribution >= 4 is 23.5 Å². The highest BCUT2D eigenvalue weighted by molar-refractivity contribution is 6.10. The number of amides is 4. The SMILES string of the molecule is C[C@H](N(Cc1ccc(F)cc1)C(=O)CN1C(=O)NC2(CCc3c(N)cccc32)C1=O)C(F)(F)F. The molecule has 1 saturated heterocycles. The Morgan fingerprint density at radius 1 is 1.21 bits per heavy atom. The molecule has 2 aliphatic rings. The number of nitrogens with two attached hydrogens (primary N) is 1. The zero-order chi connectivity index (χ0) is 24.8. The molecular weight excluding hydrogens is 456 g/mol. The first-order valence-electron chi connectivity index (χ1n) is 10.6. The molecule has 0 saturated carbocycles. The Kier molecular flexibility index (Phi) is 5.74. The molecule has 1 heterocycles. The first-order chi connectivity index (χ1) is 15.9. The Morgan fingerprint density at radius 2 is 1.88 bits per heavy atom. The molecule has 0 aromatic heterocycles. The van der Waals surface area contributed by atoms with Crippen LogP contribution in [-0.4, -0.2) is 46.4 Å². The van der Waals surface area contributed by atoms with Gasteiger partial charge in [-0.05, 0) is 54.7 Å². The van der Waals surface area contributed by atoms with E-state index in [4.69, 9.17) is 5.73 Å². The second-order valence-electron chi connectivity index (χ2n) is 8.47. The molecule has 2 aromatic rings. The molecule has 4 amide bonds. The second kappa shape index (κ2) is 8.30. The Bertz CT molecular complexity index is 1150. The van der Waals surface area contributed by atoms with Crippen molar-refractivity contribution in [2.24, 2.45) is 0 Å². The molecule has 7 nitrogen and oxygen atoms in total. The number of carbonyl (C=O) groups excluding carboxylic acids is 3. The van der Waals surface area contributed by atoms with Gasteiger partial charge in [-0.25, -0.2) is 9.18 Å². The third kappa shape index (κ3) is 3.95. The summed E-state index contributed by atoms with van der Waals surface area (Å²) < 4.78 is 53.7. The van der Waals surface area contributed by atoms with E-state index in [0.29, 0.717) is 33.0 Å². The molecule has 0 radical (unpaired) electrons. The van der Waals surface area contributed by atoms with Crippen LogP contribution in [0.25, 0.3) is 0 Å². The van der Waals surface area contributed by atoms with E-state index in [9.17, 15) is 31.9 Å². The van der Waals surface area contributed by atoms with E-state index >= 15 is 0 Å². The molecule has 180 valence electrons. The lowest BCUT2D eigenvalue weighted by molar-refractivity contribution is -0.187. The van der Waals surface area contributed by atoms with Gasteiger partial charge in [0.1, 0.15) is 23.9 Å². The minimum absolute atomic E-state index is 0.226. The van der Waals surface area contributed by atoms with Gasteiger partial charge < -0.3 is 16.0 Å². The number of halogens is 4. The average molecular weight is 478 g/mol. The molecule has 2 atom stereocenters. The van der Waals surface area contributed by atoms with E-state index in [1.807, 2.05) is 0 Å². The molecular formula is C23H22F4N4O3. The van der Waals surface area contributed by atoms with Gasteiger partial charge >= 0.3 is 12.2 Å². The van der Waals surface area contributed by atoms with Gasteiger partial charge in [0.15, 0.2) is 0 Å². The molecule has 1 unspecified atom stereocenters. The molecule has 2 aromatic carbocycles. The number of anilines is 1. The van der Waals surface area contributed by atoms with Crippen molar-refractivity contribution in [3.8, 4) is 0 Å². The lowest BCUT2D eigenvalue weighted by Gasteiger charge is -2.32. The van der Waals surface area contributed by atoms with Gasteiger partial charge in [0.25, 0.3) is 5.91 Å². The van der Waals surface area contributed by atoms with Crippen molar-refractivity contribution < 1.29 is 31.9 Å². The molecule has 1 aliphatic heterocycles. The summed E-state index contributed by atoms with van der Waals surface area (Å²) in [5, 5.41) is 2.62. The normalized spacial score (nSPS) is 20.4. The van der Waals surface area contributed by atoms with Crippen LogP contribution in [0.15, 0.2) is 42.5 Å². The zero-order valence-electron chi connectivity index (χ0n) is 18.2. The Balaban J connectivity index is 1.59. The van der Waals surface area contributed by atoms with Crippen molar-refractivity contribution in [1.29, 1.82) is 0 Å². The third-order valence-corrected chi connectivity index (χ3v) is 6.42. The van der Waals surface area contributed by atoms with Crippen molar-refractivity contribution in [2.75, 3.05) is 12.3 Å². The van der Waals surface area contributed by atoms with Crippen LogP contribution in [0.4, 0.5) is 28.0 Å². The van der Waals surface area contributed by atoms with Crippen LogP contribution in [0, 0.1) is 5.82 Å². The molecule has 11 heteroatoms. The number of alkyl halides is 3. The van der Waals surface area contributed by atoms with Crippen LogP contribution in [-0.2, 0) is 28.1 Å². The number of hydrogen-bond acceptors (Lipinski definition) is 4. The quantitative estimate of drug-likeness (QED) is 0.392. The highest BCUT2D eigenvalue weighted by atomic mass is 19.4. The lowest BCUT2D eigenvalue weighted by atomic mass is 9.91. The molecule has 34 heavy (non-hydrogen) atoms. The van der Waals surface area contributed by atoms with Gasteiger partial charge in [0.2, 0.25) is 5.91 Å². The fourth-order valence-corrected chi connectivity index (χ4v) is 4.48. The first-order valence-corrected chi connectivity index (χ1v) is 10.6. The summed E-state index contributed by atoms with van der Waals surface area (Å²) in [6.45, 7) is -0.537. The number of nitrogens with zero attached hydrogens (tertiary/aromatic N) is 2. The topological polar surface area (TPSA) is 95.7 Å². The maximum atomic E-state index is 13.5. The molecule has 0 bridgehead atoms. The molecule has 1 aliphatic carbocycles. The predicted octanol–water partition coefficient (Wildman–Crippen LogP) is 3.08. The summed E-state index contributed by atoms with van der Waals surface area (Å²) in [6.07, 6.45) is -4.10. The minimum Gasteiger partial charge on any atom is -0.398 e. The third-order valence-electron chi connectivity index (χ3n) is 6.42. The summed E-state index contributed by atoms with van der Waals surface area (Å²) in [6, 6.07) is 6.58. The van der Waals surface area contributed by atoms with Crippen molar-refractivity contribution in [3.05, 3.63) is 65.0 Å². The van der Waals surface area contributed by atoms with E-state index < -0.39 is 54.5 Å². The Morgan fingerprint density at radius 3 is 2.53 bits per heavy atom. The van der Waals surface area contributed by atoms with Gasteiger partial charge in [-0.15, -0.1) is 0 Å². The van der Waals surface area contributed by atoms with Gasteiger partial charge in [-0.3, -0.25) is 14.5 Å². The molecule has 1 fully saturated rings. The predicted molar refractivity (Wildman–Crippen MR) is 114 cm³/mol. The highest BCUT2D eigenvalue weighted by Crippen LogP contribution is 2.43. The van der Waals surface area contributed by atoms with E-state index in [2.05, 4.69) is 5.32 Å². The monoisotopic (exact) mass is 478 g/mol. The van der Waals surface area contributed by atoms with E-state index in [0.717, 1.165) is 19.1 Å². The fraction of sp³-hybridized carbons (Fsp3) is 0.348. The van der Waals surface area contributed by atoms with Crippen LogP contribution in [0.5, 0.6) is 0 Å². The summed E-state index contributed by atoms with van der Waals surface area (Å²) in [5.41, 5.74) is 6.55. The van der Waals surface area contributed by atoms with Crippen molar-refractivity contribution in [3.63, 3.8) is 0 Å². The lowest BCUT2D eigenvalue weighted by Crippen LogP contribution is -2.51. The number of nitrogen functional groups attached to an aromatic ring is 1. The van der Waals surface area contributed by atoms with Crippen LogP contribution < -0.4 is 11.1 Å². The number of rotatable bonds is 5. The van der Waals surface area contributed by atoms with Crippen LogP contribution in [0.3, 0.4) is 0 Å². The Labute approximate surface area is 192 Å². The van der Waals surface area contributed by atoms with Gasteiger partial charge in [-0.1, -0.05) is 24.3 Å². The smallest absolute Gasteiger partial charge is 0.398 e. The second-order valence-corrected chi connectivity index (χ2v) is 8.47. The fourth-order valence-electron chi connectivity index (χ4n) is 4.48. The van der Waals surface area contributed by atoms with E-state index in [-0.39, 0.29) is 12.0 Å². The van der Waals surface area contributed by atoms with Crippen LogP contribution in [0.1, 0.15) is 30.0 Å². The average Bonchev–Trinajstić information content (AvgIpc) is 3.26. The van der Waals surface area contributed by atoms with Crippen molar-refractivity contribution in [1.82, 2.24) is 15.1 Å². The minimum atomic E-state index is -4.75. The maximum absolute atomic E-state index is 13.5. The van der Waals surface area contributed by atoms with Crippen LogP contribution in [0.2, 0.25) is 0 Å². The first kappa shape index (κ1) is 23.5. The standard InChI is InChI=1S/C23H22F4N4O3/c1-13(23(25,26)27)30(11-14-5-7-15(24)8-6-14)19(32)12-31-20(33)22(29-21(31)34)10-9-16-17(22)3-2-4-18(16)28/h2-8,13H,9-12,28H2,1H3,(H,29,34)/t13-,22?/m0/s1. The number of fused-ring (bicyclic) bond motifs is 2. The van der Waals surface area contributed by atoms with Crippen LogP contribution >= 0.6 is 0 Å². The largest absolute Gasteiger partial charge is 0.408 e. The number of nitrogens with one attached hydrogen (secondary N) is 1. The maximum Gasteiger partial charge on any atom is 0.408 e. The van der Waals surface area contributed by atoms with Gasteiger partial charge in [0, 0.05) is 12.2 Å². The number of urea groups is 1. The number of imide groups is 1. The molecule has 3 N–H and O–H groups in total. The van der Waals surface area contributed by atoms with Gasteiger partial charge in [-0.2, -0.15) is 13.2 Å². The Hall–Kier alpha value is -3.63. The number of hydrogen-bond donors (Lipinski definition) is 2. The van der Waals surface area contributed by atoms with E-state index in [1.165, 1.54) is 12.1 Å². The number of carbonyl (C=O) groups is 3. The number of benzene rings is 2. The zero-order valence-corrected chi connectivity index (χ0v) is 18.2. The summed E-state index contributed by atoms with van der Waals surface area (Å²) in [4.78, 5) is 40.2. The van der Waals surface area contributed by atoms with Gasteiger partial charge in [0.05, 0.1) is 0 Å². The molecule has 4 rings (SSSR count). The highest BCUT2D eigenvalue weighted by Gasteiger charge is 2.56. The summed E-state index contributed by atoms with van der Waals surface area (Å²) >= 11 is 0. The molecule has 1 spiro atoms. The van der Waals surface area contributed by atoms with E-state index in [1.54, 1.807) is 18.2 Å². The van der Waals surface area contributed by atoms with Crippen molar-refractivity contribution in [2.45, 2.75) is 44.1 Å². The summed E-state index contributed by atoms with van der Waals surface area (Å²) in [7, 11) is 0. The summed E-state index contributed by atoms with van der Waals surface area (Å²) in [5.74, 6) is -2.36.